The molecule has 2 N–H and O–H groups in total. The van der Waals surface area contributed by atoms with Crippen LogP contribution >= 0.6 is 0 Å². The summed E-state index contributed by atoms with van der Waals surface area (Å²) in [6.07, 6.45) is 1.73. The molecule has 0 aliphatic carbocycles. The van der Waals surface area contributed by atoms with Gasteiger partial charge in [0.05, 0.1) is 19.8 Å². The molecule has 0 bridgehead atoms. The lowest BCUT2D eigenvalue weighted by Gasteiger charge is -2.30. The molecular formula is C20H27N3O4. The average Bonchev–Trinajstić information content (AvgIpc) is 3.09. The minimum Gasteiger partial charge on any atom is -0.449 e. The number of carbonyl (C=O) groups excluding carboxylic acids is 2. The number of para-hydroxylation sites is 1. The Morgan fingerprint density at radius 2 is 2.00 bits per heavy atom. The fraction of sp³-hybridized carbons (Fsp3) is 0.500. The Labute approximate surface area is 159 Å². The van der Waals surface area contributed by atoms with Gasteiger partial charge in [0.25, 0.3) is 0 Å². The predicted molar refractivity (Wildman–Crippen MR) is 103 cm³/mol. The zero-order valence-electron chi connectivity index (χ0n) is 15.9. The fourth-order valence-corrected chi connectivity index (χ4v) is 3.15. The molecule has 1 aliphatic rings. The van der Waals surface area contributed by atoms with Crippen molar-refractivity contribution < 1.29 is 19.1 Å². The van der Waals surface area contributed by atoms with Crippen LogP contribution in [0.25, 0.3) is 10.9 Å². The molecule has 1 aliphatic heterocycles. The van der Waals surface area contributed by atoms with Crippen LogP contribution in [0.15, 0.2) is 30.5 Å². The number of amides is 2. The number of alkyl carbamates (subject to hydrolysis) is 1. The number of hydrogen-bond acceptors (Lipinski definition) is 4. The number of rotatable bonds is 6. The van der Waals surface area contributed by atoms with Gasteiger partial charge in [-0.1, -0.05) is 32.0 Å². The van der Waals surface area contributed by atoms with Crippen molar-refractivity contribution in [3.8, 4) is 0 Å². The molecule has 2 heterocycles. The summed E-state index contributed by atoms with van der Waals surface area (Å²) >= 11 is 0. The summed E-state index contributed by atoms with van der Waals surface area (Å²) in [6.45, 7) is 6.35. The van der Waals surface area contributed by atoms with E-state index in [0.717, 1.165) is 16.5 Å². The van der Waals surface area contributed by atoms with Gasteiger partial charge < -0.3 is 24.7 Å². The number of ether oxygens (including phenoxy) is 2. The predicted octanol–water partition coefficient (Wildman–Crippen LogP) is 2.32. The number of nitrogens with one attached hydrogen (secondary N) is 2. The molecule has 1 atom stereocenters. The van der Waals surface area contributed by atoms with Gasteiger partial charge >= 0.3 is 6.09 Å². The maximum Gasteiger partial charge on any atom is 0.407 e. The van der Waals surface area contributed by atoms with Crippen LogP contribution < -0.4 is 5.32 Å². The average molecular weight is 373 g/mol. The Balaban J connectivity index is 1.75. The molecule has 146 valence electrons. The molecule has 2 aromatic rings. The fourth-order valence-electron chi connectivity index (χ4n) is 3.15. The number of fused-ring (bicyclic) bond motifs is 1. The Kier molecular flexibility index (Phi) is 6.34. The largest absolute Gasteiger partial charge is 0.449 e. The highest BCUT2D eigenvalue weighted by Crippen LogP contribution is 2.20. The van der Waals surface area contributed by atoms with Crippen LogP contribution in [0.5, 0.6) is 0 Å². The van der Waals surface area contributed by atoms with E-state index in [1.54, 1.807) is 4.90 Å². The molecule has 0 radical (unpaired) electrons. The Hall–Kier alpha value is -2.54. The molecule has 27 heavy (non-hydrogen) atoms. The number of H-pyrrole nitrogens is 1. The third-order valence-electron chi connectivity index (χ3n) is 4.56. The highest BCUT2D eigenvalue weighted by Gasteiger charge is 2.28. The van der Waals surface area contributed by atoms with Crippen molar-refractivity contribution in [3.05, 3.63) is 36.0 Å². The van der Waals surface area contributed by atoms with E-state index >= 15 is 0 Å². The highest BCUT2D eigenvalue weighted by molar-refractivity contribution is 5.88. The Morgan fingerprint density at radius 3 is 2.74 bits per heavy atom. The zero-order valence-corrected chi connectivity index (χ0v) is 15.9. The second-order valence-electron chi connectivity index (χ2n) is 7.19. The summed E-state index contributed by atoms with van der Waals surface area (Å²) < 4.78 is 10.6. The van der Waals surface area contributed by atoms with Crippen molar-refractivity contribution in [2.24, 2.45) is 5.92 Å². The Morgan fingerprint density at radius 1 is 1.26 bits per heavy atom. The second-order valence-corrected chi connectivity index (χ2v) is 7.19. The molecule has 0 unspecified atom stereocenters. The topological polar surface area (TPSA) is 83.7 Å². The lowest BCUT2D eigenvalue weighted by molar-refractivity contribution is -0.137. The van der Waals surface area contributed by atoms with Crippen molar-refractivity contribution in [2.45, 2.75) is 26.3 Å². The SMILES string of the molecule is CC(C)COC(=O)N[C@@H](Cc1c[nH]c2ccccc12)C(=O)N1CCOCC1. The van der Waals surface area contributed by atoms with Gasteiger partial charge in [0.15, 0.2) is 0 Å². The van der Waals surface area contributed by atoms with Crippen LogP contribution in [0, 0.1) is 5.92 Å². The van der Waals surface area contributed by atoms with E-state index in [0.29, 0.717) is 39.3 Å². The number of morpholine rings is 1. The summed E-state index contributed by atoms with van der Waals surface area (Å²) in [7, 11) is 0. The third kappa shape index (κ3) is 5.01. The quantitative estimate of drug-likeness (QED) is 0.814. The van der Waals surface area contributed by atoms with Gasteiger partial charge in [0, 0.05) is 36.6 Å². The van der Waals surface area contributed by atoms with Crippen molar-refractivity contribution in [1.82, 2.24) is 15.2 Å². The normalized spacial score (nSPS) is 15.7. The van der Waals surface area contributed by atoms with Crippen LogP contribution in [-0.2, 0) is 20.7 Å². The van der Waals surface area contributed by atoms with Gasteiger partial charge in [-0.3, -0.25) is 4.79 Å². The number of aromatic nitrogens is 1. The third-order valence-corrected chi connectivity index (χ3v) is 4.56. The number of nitrogens with zero attached hydrogens (tertiary/aromatic N) is 1. The molecule has 3 rings (SSSR count). The monoisotopic (exact) mass is 373 g/mol. The van der Waals surface area contributed by atoms with Crippen LogP contribution in [0.4, 0.5) is 4.79 Å². The van der Waals surface area contributed by atoms with Gasteiger partial charge in [-0.25, -0.2) is 4.79 Å². The van der Waals surface area contributed by atoms with Crippen LogP contribution in [0.2, 0.25) is 0 Å². The van der Waals surface area contributed by atoms with Crippen molar-refractivity contribution in [3.63, 3.8) is 0 Å². The van der Waals surface area contributed by atoms with E-state index in [2.05, 4.69) is 10.3 Å². The first-order valence-corrected chi connectivity index (χ1v) is 9.39. The summed E-state index contributed by atoms with van der Waals surface area (Å²) in [5.41, 5.74) is 1.99. The lowest BCUT2D eigenvalue weighted by Crippen LogP contribution is -2.52. The van der Waals surface area contributed by atoms with Crippen molar-refractivity contribution in [1.29, 1.82) is 0 Å². The number of carbonyl (C=O) groups is 2. The van der Waals surface area contributed by atoms with E-state index in [1.165, 1.54) is 0 Å². The summed E-state index contributed by atoms with van der Waals surface area (Å²) in [5.74, 6) is 0.128. The van der Waals surface area contributed by atoms with Gasteiger partial charge in [0.1, 0.15) is 6.04 Å². The molecule has 7 heteroatoms. The van der Waals surface area contributed by atoms with E-state index in [1.807, 2.05) is 44.3 Å². The molecule has 1 saturated heterocycles. The smallest absolute Gasteiger partial charge is 0.407 e. The van der Waals surface area contributed by atoms with Gasteiger partial charge in [-0.05, 0) is 17.5 Å². The number of hydrogen-bond donors (Lipinski definition) is 2. The molecule has 1 aromatic heterocycles. The molecule has 0 spiro atoms. The van der Waals surface area contributed by atoms with E-state index in [4.69, 9.17) is 9.47 Å². The molecular weight excluding hydrogens is 346 g/mol. The lowest BCUT2D eigenvalue weighted by atomic mass is 10.0. The maximum absolute atomic E-state index is 13.0. The zero-order chi connectivity index (χ0) is 19.2. The molecule has 2 amide bonds. The molecule has 1 fully saturated rings. The highest BCUT2D eigenvalue weighted by atomic mass is 16.5. The summed E-state index contributed by atoms with van der Waals surface area (Å²) in [5, 5.41) is 3.82. The standard InChI is InChI=1S/C20H27N3O4/c1-14(2)13-27-20(25)22-18(19(24)23-7-9-26-10-8-23)11-15-12-21-17-6-4-3-5-16(15)17/h3-6,12,14,18,21H,7-11,13H2,1-2H3,(H,22,25)/t18-/m0/s1. The minimum atomic E-state index is -0.679. The van der Waals surface area contributed by atoms with Crippen LogP contribution in [0.1, 0.15) is 19.4 Å². The second kappa shape index (κ2) is 8.90. The van der Waals surface area contributed by atoms with E-state index in [9.17, 15) is 9.59 Å². The summed E-state index contributed by atoms with van der Waals surface area (Å²) in [6, 6.07) is 7.24. The van der Waals surface area contributed by atoms with Gasteiger partial charge in [-0.2, -0.15) is 0 Å². The Bertz CT molecular complexity index is 780. The first-order chi connectivity index (χ1) is 13.0. The van der Waals surface area contributed by atoms with Gasteiger partial charge in [0.2, 0.25) is 5.91 Å². The van der Waals surface area contributed by atoms with Crippen molar-refractivity contribution in [2.75, 3.05) is 32.9 Å². The van der Waals surface area contributed by atoms with E-state index in [-0.39, 0.29) is 11.8 Å². The van der Waals surface area contributed by atoms with Crippen LogP contribution in [-0.4, -0.2) is 60.8 Å². The first-order valence-electron chi connectivity index (χ1n) is 9.39. The maximum atomic E-state index is 13.0. The molecule has 0 saturated carbocycles. The van der Waals surface area contributed by atoms with Crippen molar-refractivity contribution >= 4 is 22.9 Å². The number of aromatic amines is 1. The minimum absolute atomic E-state index is 0.106. The van der Waals surface area contributed by atoms with E-state index < -0.39 is 12.1 Å². The number of benzene rings is 1. The molecule has 1 aromatic carbocycles. The summed E-state index contributed by atoms with van der Waals surface area (Å²) in [4.78, 5) is 30.2. The van der Waals surface area contributed by atoms with Crippen LogP contribution in [0.3, 0.4) is 0 Å². The van der Waals surface area contributed by atoms with Gasteiger partial charge in [-0.15, -0.1) is 0 Å². The first kappa shape index (κ1) is 19.2. The molecule has 7 nitrogen and oxygen atoms in total.